The minimum absolute atomic E-state index is 0.0115. The lowest BCUT2D eigenvalue weighted by Crippen LogP contribution is -2.50. The average molecular weight is 1880 g/mol. The first-order chi connectivity index (χ1) is 68.5. The summed E-state index contributed by atoms with van der Waals surface area (Å²) in [4.78, 5) is 80.8. The molecule has 10 aliphatic rings. The van der Waals surface area contributed by atoms with Crippen molar-refractivity contribution in [3.8, 4) is 28.7 Å². The first-order valence-corrected chi connectivity index (χ1v) is 53.4. The molecule has 12 aromatic rings. The van der Waals surface area contributed by atoms with E-state index in [0.717, 1.165) is 213 Å². The van der Waals surface area contributed by atoms with Gasteiger partial charge in [0.1, 0.15) is 28.7 Å². The maximum Gasteiger partial charge on any atom is 0.167 e. The van der Waals surface area contributed by atoms with E-state index < -0.39 is 0 Å². The van der Waals surface area contributed by atoms with Gasteiger partial charge in [0.05, 0.1) is 35.5 Å². The Labute approximate surface area is 831 Å². The van der Waals surface area contributed by atoms with Crippen molar-refractivity contribution < 1.29 is 47.7 Å². The summed E-state index contributed by atoms with van der Waals surface area (Å²) in [7, 11) is 8.41. The van der Waals surface area contributed by atoms with Gasteiger partial charge in [0.15, 0.2) is 28.9 Å². The molecule has 22 rings (SSSR count). The molecule has 5 saturated heterocycles. The monoisotopic (exact) mass is 1880 g/mol. The summed E-state index contributed by atoms with van der Waals surface area (Å²) in [6.45, 7) is 17.1. The predicted octanol–water partition coefficient (Wildman–Crippen LogP) is 27.0. The van der Waals surface area contributed by atoms with Gasteiger partial charge >= 0.3 is 0 Å². The third kappa shape index (κ3) is 23.0. The first kappa shape index (κ1) is 99.2. The molecule has 0 N–H and O–H groups in total. The summed E-state index contributed by atoms with van der Waals surface area (Å²) < 4.78 is 26.6. The van der Waals surface area contributed by atoms with E-state index in [0.29, 0.717) is 59.0 Å². The van der Waals surface area contributed by atoms with E-state index in [4.69, 9.17) is 23.7 Å². The summed E-state index contributed by atoms with van der Waals surface area (Å²) in [5, 5.41) is 11.1. The first-order valence-electron chi connectivity index (χ1n) is 53.4. The summed E-state index contributed by atoms with van der Waals surface area (Å²) in [6.07, 6.45) is 31.1. The highest BCUT2D eigenvalue weighted by atomic mass is 16.5. The summed E-state index contributed by atoms with van der Waals surface area (Å²) >= 11 is 0. The van der Waals surface area contributed by atoms with Crippen LogP contribution in [0.15, 0.2) is 243 Å². The molecule has 0 unspecified atom stereocenters. The van der Waals surface area contributed by atoms with Crippen molar-refractivity contribution in [2.45, 2.75) is 223 Å². The second kappa shape index (κ2) is 46.9. The van der Waals surface area contributed by atoms with Gasteiger partial charge in [-0.1, -0.05) is 224 Å². The molecule has 140 heavy (non-hydrogen) atoms. The van der Waals surface area contributed by atoms with Crippen molar-refractivity contribution in [3.63, 3.8) is 0 Å². The lowest BCUT2D eigenvalue weighted by Gasteiger charge is -2.45. The highest BCUT2D eigenvalue weighted by Gasteiger charge is 2.45. The topological polar surface area (TPSA) is 148 Å². The molecular formula is C125H149N5O10. The van der Waals surface area contributed by atoms with Crippen molar-refractivity contribution >= 4 is 82.8 Å². The van der Waals surface area contributed by atoms with Gasteiger partial charge in [-0.3, -0.25) is 48.5 Å². The minimum Gasteiger partial charge on any atom is -0.497 e. The lowest BCUT2D eigenvalue weighted by molar-refractivity contribution is 0.0386. The number of carbonyl (C=O) groups excluding carboxylic acids is 5. The number of ketones is 5. The molecule has 5 heterocycles. The number of carbonyl (C=O) groups is 5. The molecule has 15 nitrogen and oxygen atoms in total. The summed E-state index contributed by atoms with van der Waals surface area (Å²) in [5.41, 5.74) is 6.86. The third-order valence-electron chi connectivity index (χ3n) is 34.2. The molecule has 0 amide bonds. The van der Waals surface area contributed by atoms with Gasteiger partial charge < -0.3 is 23.7 Å². The zero-order chi connectivity index (χ0) is 96.7. The van der Waals surface area contributed by atoms with Crippen LogP contribution in [-0.4, -0.2) is 185 Å². The van der Waals surface area contributed by atoms with Crippen LogP contribution in [-0.2, 0) is 0 Å². The molecule has 0 aromatic heterocycles. The van der Waals surface area contributed by atoms with Crippen LogP contribution in [0.4, 0.5) is 0 Å². The quantitative estimate of drug-likeness (QED) is 0.0449. The molecule has 10 fully saturated rings. The van der Waals surface area contributed by atoms with Gasteiger partial charge in [0, 0.05) is 120 Å². The van der Waals surface area contributed by atoms with Crippen LogP contribution in [0.3, 0.4) is 0 Å². The predicted molar refractivity (Wildman–Crippen MR) is 570 cm³/mol. The van der Waals surface area contributed by atoms with Gasteiger partial charge in [0.25, 0.3) is 0 Å². The Kier molecular flexibility index (Phi) is 33.2. The number of hydrogen-bond acceptors (Lipinski definition) is 15. The van der Waals surface area contributed by atoms with E-state index in [1.165, 1.54) is 153 Å². The molecule has 0 bridgehead atoms. The molecular weight excluding hydrogens is 1730 g/mol. The Bertz CT molecular complexity index is 5930. The molecule has 10 atom stereocenters. The van der Waals surface area contributed by atoms with Crippen molar-refractivity contribution in [3.05, 3.63) is 282 Å². The van der Waals surface area contributed by atoms with Gasteiger partial charge in [-0.2, -0.15) is 0 Å². The van der Waals surface area contributed by atoms with Gasteiger partial charge in [-0.05, 0) is 327 Å². The Hall–Kier alpha value is -10.9. The number of nitrogens with zero attached hydrogens (tertiary/aromatic N) is 5. The van der Waals surface area contributed by atoms with E-state index in [1.807, 2.05) is 109 Å². The van der Waals surface area contributed by atoms with Crippen molar-refractivity contribution in [2.75, 3.05) is 101 Å². The largest absolute Gasteiger partial charge is 0.497 e. The zero-order valence-corrected chi connectivity index (χ0v) is 84.3. The molecule has 734 valence electrons. The van der Waals surface area contributed by atoms with Crippen LogP contribution in [0.5, 0.6) is 28.7 Å². The van der Waals surface area contributed by atoms with E-state index in [-0.39, 0.29) is 41.2 Å². The molecule has 5 aliphatic carbocycles. The maximum absolute atomic E-state index is 13.8. The number of ether oxygens (including phenoxy) is 5. The molecule has 12 aromatic carbocycles. The summed E-state index contributed by atoms with van der Waals surface area (Å²) in [6, 6.07) is 85.6. The maximum atomic E-state index is 13.8. The number of benzene rings is 12. The van der Waals surface area contributed by atoms with Crippen LogP contribution in [0.1, 0.15) is 256 Å². The smallest absolute Gasteiger partial charge is 0.167 e. The second-order valence-corrected chi connectivity index (χ2v) is 42.1. The van der Waals surface area contributed by atoms with Crippen LogP contribution < -0.4 is 23.7 Å². The van der Waals surface area contributed by atoms with E-state index in [9.17, 15) is 24.0 Å². The Balaban J connectivity index is 0.000000116. The van der Waals surface area contributed by atoms with Crippen molar-refractivity contribution in [1.29, 1.82) is 0 Å². The van der Waals surface area contributed by atoms with Crippen LogP contribution >= 0.6 is 0 Å². The standard InChI is InChI=1S/2C27H29NO2.2C24H31NO2.C23H29NO2/c2*1-30-24-13-12-20-16-22(11-10-21(20)17-24)27(29)26-18-28(23-8-5-9-23)15-14-25(26)19-6-3-2-4-7-19;2*1-3-5-17-12-13-25(21-6-4-7-21)16-23(17)24(26)20-9-8-19-15-22(27-2)11-10-18(19)14-20;1-3-16-11-12-24(20-5-4-6-20)15-22(16)23(25)19-8-7-18-14-21(26-2)10-9-17(18)13-19/h2*2-4,6-7,10-13,16-17,23,25-26H,5,8-9,14-15,18H2,1H3;2*8-11,14-15,17,21,23H,3-7,12-13,16H2,1-2H3;7-10,13-14,16,20,22H,3-6,11-12,15H2,1-2H3/t2*25-,26-;17-,23+;17-,23-;16-,22-/m10011/s1. The Morgan fingerprint density at radius 2 is 0.457 bits per heavy atom. The van der Waals surface area contributed by atoms with Crippen LogP contribution in [0.2, 0.25) is 0 Å². The van der Waals surface area contributed by atoms with Crippen molar-refractivity contribution in [1.82, 2.24) is 24.5 Å². The van der Waals surface area contributed by atoms with E-state index in [2.05, 4.69) is 179 Å². The number of fused-ring (bicyclic) bond motifs is 5. The number of Topliss-reactive ketones (excluding diaryl/α,β-unsaturated/α-hetero) is 5. The van der Waals surface area contributed by atoms with E-state index >= 15 is 0 Å². The second-order valence-electron chi connectivity index (χ2n) is 42.1. The minimum atomic E-state index is 0.0115. The van der Waals surface area contributed by atoms with Crippen molar-refractivity contribution in [2.24, 2.45) is 47.3 Å². The number of hydrogen-bond donors (Lipinski definition) is 0. The van der Waals surface area contributed by atoms with Crippen LogP contribution in [0, 0.1) is 47.3 Å². The molecule has 5 saturated carbocycles. The highest BCUT2D eigenvalue weighted by Crippen LogP contribution is 2.45. The normalized spacial score (nSPS) is 23.4. The van der Waals surface area contributed by atoms with E-state index in [1.54, 1.807) is 35.5 Å². The fourth-order valence-corrected chi connectivity index (χ4v) is 24.6. The number of likely N-dealkylation sites (tertiary alicyclic amines) is 5. The third-order valence-corrected chi connectivity index (χ3v) is 34.2. The molecule has 0 spiro atoms. The number of rotatable bonds is 27. The zero-order valence-electron chi connectivity index (χ0n) is 84.3. The highest BCUT2D eigenvalue weighted by molar-refractivity contribution is 6.06. The molecule has 15 heteroatoms. The number of piperidine rings is 5. The van der Waals surface area contributed by atoms with Gasteiger partial charge in [-0.15, -0.1) is 0 Å². The fraction of sp³-hybridized carbons (Fsp3) is 0.464. The Morgan fingerprint density at radius 1 is 0.243 bits per heavy atom. The lowest BCUT2D eigenvalue weighted by atomic mass is 9.75. The average Bonchev–Trinajstić information content (AvgIpc) is 0.793. The van der Waals surface area contributed by atoms with Gasteiger partial charge in [-0.25, -0.2) is 0 Å². The van der Waals surface area contributed by atoms with Crippen LogP contribution in [0.25, 0.3) is 53.9 Å². The van der Waals surface area contributed by atoms with Gasteiger partial charge in [0.2, 0.25) is 0 Å². The number of methoxy groups -OCH3 is 5. The molecule has 5 aliphatic heterocycles. The Morgan fingerprint density at radius 3 is 0.686 bits per heavy atom. The fourth-order valence-electron chi connectivity index (χ4n) is 24.6. The summed E-state index contributed by atoms with van der Waals surface area (Å²) in [5.74, 6) is 8.46. The molecule has 0 radical (unpaired) electrons. The SMILES string of the molecule is CCC[C@@H]1CCN(C2CCC2)C[C@H]1C(=O)c1ccc2cc(OC)ccc2c1.CCC[C@H]1CCN(C2CCC2)C[C@H]1C(=O)c1ccc2cc(OC)ccc2c1.CC[C@@H]1CCN(C2CCC2)C[C@H]1C(=O)c1ccc2cc(OC)ccc2c1.COc1ccc2cc(C(=O)[C@@H]3CN(C4CCC4)CC[C@@H]3c3ccccc3)ccc2c1.COc1ccc2cc(C(=O)[C@H]3CN(C4CCC4)CC[C@H]3c3ccccc3)ccc2c1.